The van der Waals surface area contributed by atoms with Crippen molar-refractivity contribution in [1.82, 2.24) is 4.98 Å². The summed E-state index contributed by atoms with van der Waals surface area (Å²) in [5, 5.41) is 0. The Morgan fingerprint density at radius 1 is 1.25 bits per heavy atom. The zero-order chi connectivity index (χ0) is 14.7. The molecule has 20 heavy (non-hydrogen) atoms. The molecule has 0 fully saturated rings. The first-order valence-corrected chi connectivity index (χ1v) is 7.51. The van der Waals surface area contributed by atoms with E-state index < -0.39 is 0 Å². The van der Waals surface area contributed by atoms with Gasteiger partial charge in [0.2, 0.25) is 5.88 Å². The van der Waals surface area contributed by atoms with Crippen molar-refractivity contribution in [3.8, 4) is 11.6 Å². The first-order chi connectivity index (χ1) is 9.47. The molecule has 1 aromatic carbocycles. The normalized spacial score (nSPS) is 10.9. The van der Waals surface area contributed by atoms with E-state index >= 15 is 0 Å². The minimum absolute atomic E-state index is 0.264. The van der Waals surface area contributed by atoms with Crippen LogP contribution in [-0.2, 0) is 5.88 Å². The predicted octanol–water partition coefficient (Wildman–Crippen LogP) is 5.64. The molecule has 0 atom stereocenters. The van der Waals surface area contributed by atoms with Gasteiger partial charge in [-0.05, 0) is 29.7 Å². The van der Waals surface area contributed by atoms with Crippen LogP contribution in [0.25, 0.3) is 0 Å². The lowest BCUT2D eigenvalue weighted by atomic mass is 10.1. The molecule has 1 aromatic heterocycles. The summed E-state index contributed by atoms with van der Waals surface area (Å²) in [5.41, 5.74) is 1.82. The lowest BCUT2D eigenvalue weighted by Gasteiger charge is -2.11. The van der Waals surface area contributed by atoms with E-state index in [9.17, 15) is 4.39 Å². The Hall–Kier alpha value is -1.13. The largest absolute Gasteiger partial charge is 0.439 e. The van der Waals surface area contributed by atoms with Gasteiger partial charge in [0.25, 0.3) is 0 Å². The number of aromatic nitrogens is 1. The maximum Gasteiger partial charge on any atom is 0.219 e. The highest BCUT2D eigenvalue weighted by Gasteiger charge is 2.09. The number of hydrogen-bond acceptors (Lipinski definition) is 2. The molecule has 2 nitrogen and oxygen atoms in total. The SMILES string of the molecule is CC(C)c1cc(CCl)cc(Oc2cc(F)cc(Br)c2)n1. The minimum Gasteiger partial charge on any atom is -0.439 e. The van der Waals surface area contributed by atoms with Gasteiger partial charge in [-0.2, -0.15) is 0 Å². The zero-order valence-electron chi connectivity index (χ0n) is 11.2. The molecule has 2 aromatic rings. The number of nitrogens with zero attached hydrogens (tertiary/aromatic N) is 1. The summed E-state index contributed by atoms with van der Waals surface area (Å²) in [7, 11) is 0. The topological polar surface area (TPSA) is 22.1 Å². The summed E-state index contributed by atoms with van der Waals surface area (Å²) in [6.45, 7) is 4.09. The molecule has 5 heteroatoms. The Kier molecular flexibility index (Phi) is 5.00. The summed E-state index contributed by atoms with van der Waals surface area (Å²) in [5.74, 6) is 1.09. The second-order valence-corrected chi connectivity index (χ2v) is 5.92. The molecule has 2 rings (SSSR count). The van der Waals surface area contributed by atoms with Gasteiger partial charge < -0.3 is 4.74 Å². The second-order valence-electron chi connectivity index (χ2n) is 4.73. The maximum absolute atomic E-state index is 13.3. The maximum atomic E-state index is 13.3. The molecule has 106 valence electrons. The number of alkyl halides is 1. The summed E-state index contributed by atoms with van der Waals surface area (Å²) in [6, 6.07) is 8.08. The molecule has 0 aliphatic carbocycles. The van der Waals surface area contributed by atoms with Crippen LogP contribution in [0.5, 0.6) is 11.6 Å². The zero-order valence-corrected chi connectivity index (χ0v) is 13.5. The Balaban J connectivity index is 2.34. The van der Waals surface area contributed by atoms with Gasteiger partial charge in [0, 0.05) is 28.2 Å². The third-order valence-corrected chi connectivity index (χ3v) is 3.45. The quantitative estimate of drug-likeness (QED) is 0.660. The van der Waals surface area contributed by atoms with Gasteiger partial charge in [-0.1, -0.05) is 29.8 Å². The second kappa shape index (κ2) is 6.55. The molecule has 0 spiro atoms. The van der Waals surface area contributed by atoms with Crippen LogP contribution in [-0.4, -0.2) is 4.98 Å². The molecule has 0 unspecified atom stereocenters. The number of pyridine rings is 1. The van der Waals surface area contributed by atoms with Crippen LogP contribution < -0.4 is 4.74 Å². The third kappa shape index (κ3) is 3.93. The summed E-state index contributed by atoms with van der Waals surface area (Å²) in [4.78, 5) is 4.42. The number of halogens is 3. The average molecular weight is 359 g/mol. The highest BCUT2D eigenvalue weighted by Crippen LogP contribution is 2.27. The Bertz CT molecular complexity index is 599. The molecule has 0 saturated heterocycles. The molecule has 0 bridgehead atoms. The fraction of sp³-hybridized carbons (Fsp3) is 0.267. The van der Waals surface area contributed by atoms with Crippen molar-refractivity contribution in [3.05, 3.63) is 51.9 Å². The van der Waals surface area contributed by atoms with Crippen LogP contribution >= 0.6 is 27.5 Å². The van der Waals surface area contributed by atoms with Crippen LogP contribution in [0.4, 0.5) is 4.39 Å². The van der Waals surface area contributed by atoms with Gasteiger partial charge >= 0.3 is 0 Å². The van der Waals surface area contributed by atoms with Gasteiger partial charge in [0.05, 0.1) is 0 Å². The number of ether oxygens (including phenoxy) is 1. The van der Waals surface area contributed by atoms with Gasteiger partial charge in [0.1, 0.15) is 11.6 Å². The lowest BCUT2D eigenvalue weighted by Crippen LogP contribution is -1.98. The molecular weight excluding hydrogens is 345 g/mol. The van der Waals surface area contributed by atoms with Crippen molar-refractivity contribution in [2.45, 2.75) is 25.6 Å². The fourth-order valence-corrected chi connectivity index (χ4v) is 2.31. The van der Waals surface area contributed by atoms with E-state index in [2.05, 4.69) is 20.9 Å². The van der Waals surface area contributed by atoms with E-state index in [0.717, 1.165) is 11.3 Å². The van der Waals surface area contributed by atoms with Crippen LogP contribution in [0, 0.1) is 5.82 Å². The van der Waals surface area contributed by atoms with Crippen LogP contribution in [0.3, 0.4) is 0 Å². The van der Waals surface area contributed by atoms with E-state index in [1.165, 1.54) is 12.1 Å². The average Bonchev–Trinajstić information content (AvgIpc) is 2.36. The lowest BCUT2D eigenvalue weighted by molar-refractivity contribution is 0.454. The van der Waals surface area contributed by atoms with Crippen LogP contribution in [0.2, 0.25) is 0 Å². The molecule has 0 aliphatic heterocycles. The van der Waals surface area contributed by atoms with E-state index in [4.69, 9.17) is 16.3 Å². The van der Waals surface area contributed by atoms with Crippen molar-refractivity contribution >= 4 is 27.5 Å². The van der Waals surface area contributed by atoms with Gasteiger partial charge in [0.15, 0.2) is 0 Å². The minimum atomic E-state index is -0.369. The molecule has 0 aliphatic rings. The highest BCUT2D eigenvalue weighted by molar-refractivity contribution is 9.10. The Morgan fingerprint density at radius 3 is 2.60 bits per heavy atom. The standard InChI is InChI=1S/C15H14BrClFNO/c1-9(2)14-3-10(8-17)4-15(19-14)20-13-6-11(16)5-12(18)7-13/h3-7,9H,8H2,1-2H3. The van der Waals surface area contributed by atoms with Gasteiger partial charge in [-0.15, -0.1) is 11.6 Å². The van der Waals surface area contributed by atoms with E-state index in [0.29, 0.717) is 22.0 Å². The monoisotopic (exact) mass is 357 g/mol. The van der Waals surface area contributed by atoms with Gasteiger partial charge in [-0.3, -0.25) is 0 Å². The first kappa shape index (κ1) is 15.3. The third-order valence-electron chi connectivity index (χ3n) is 2.69. The van der Waals surface area contributed by atoms with Crippen molar-refractivity contribution < 1.29 is 9.13 Å². The molecule has 0 radical (unpaired) electrons. The molecular formula is C15H14BrClFNO. The summed E-state index contributed by atoms with van der Waals surface area (Å²) in [6.07, 6.45) is 0. The molecule has 1 heterocycles. The Morgan fingerprint density at radius 2 is 2.00 bits per heavy atom. The summed E-state index contributed by atoms with van der Waals surface area (Å²) < 4.78 is 19.6. The first-order valence-electron chi connectivity index (χ1n) is 6.18. The van der Waals surface area contributed by atoms with Gasteiger partial charge in [-0.25, -0.2) is 9.37 Å². The Labute approximate surface area is 131 Å². The highest BCUT2D eigenvalue weighted by atomic mass is 79.9. The van der Waals surface area contributed by atoms with Crippen LogP contribution in [0.1, 0.15) is 31.0 Å². The smallest absolute Gasteiger partial charge is 0.219 e. The van der Waals surface area contributed by atoms with Crippen molar-refractivity contribution in [3.63, 3.8) is 0 Å². The number of hydrogen-bond donors (Lipinski definition) is 0. The molecule has 0 N–H and O–H groups in total. The van der Waals surface area contributed by atoms with Crippen molar-refractivity contribution in [2.24, 2.45) is 0 Å². The molecule has 0 saturated carbocycles. The van der Waals surface area contributed by atoms with Crippen molar-refractivity contribution in [2.75, 3.05) is 0 Å². The predicted molar refractivity (Wildman–Crippen MR) is 82.1 cm³/mol. The summed E-state index contributed by atoms with van der Waals surface area (Å²) >= 11 is 9.11. The van der Waals surface area contributed by atoms with E-state index in [1.807, 2.05) is 19.9 Å². The fourth-order valence-electron chi connectivity index (χ4n) is 1.72. The number of benzene rings is 1. The van der Waals surface area contributed by atoms with E-state index in [-0.39, 0.29) is 11.7 Å². The van der Waals surface area contributed by atoms with Crippen LogP contribution in [0.15, 0.2) is 34.8 Å². The molecule has 0 amide bonds. The number of rotatable bonds is 4. The van der Waals surface area contributed by atoms with Crippen molar-refractivity contribution in [1.29, 1.82) is 0 Å². The van der Waals surface area contributed by atoms with E-state index in [1.54, 1.807) is 12.1 Å².